The first-order chi connectivity index (χ1) is 16.7. The first-order valence-corrected chi connectivity index (χ1v) is 11.6. The highest BCUT2D eigenvalue weighted by atomic mass is 15.3. The molecule has 0 aliphatic rings. The third-order valence-electron chi connectivity index (χ3n) is 6.84. The first-order valence-electron chi connectivity index (χ1n) is 11.6. The molecule has 0 saturated carbocycles. The molecule has 0 N–H and O–H groups in total. The SMILES string of the molecule is Cc1nn(C)c2nc3ccc(C(c4ccccc4)(c4ccccc4)c4ccccc4)cc3cc12. The number of hydrogen-bond donors (Lipinski definition) is 0. The van der Waals surface area contributed by atoms with E-state index in [4.69, 9.17) is 4.98 Å². The molecule has 6 rings (SSSR count). The Bertz CT molecular complexity index is 1500. The Morgan fingerprint density at radius 2 is 1.15 bits per heavy atom. The van der Waals surface area contributed by atoms with Crippen LogP contribution in [0.2, 0.25) is 0 Å². The molecular weight excluding hydrogens is 414 g/mol. The highest BCUT2D eigenvalue weighted by Crippen LogP contribution is 2.45. The zero-order chi connectivity index (χ0) is 23.1. The summed E-state index contributed by atoms with van der Waals surface area (Å²) >= 11 is 0. The number of hydrogen-bond acceptors (Lipinski definition) is 2. The summed E-state index contributed by atoms with van der Waals surface area (Å²) in [4.78, 5) is 4.94. The molecular formula is C31H25N3. The van der Waals surface area contributed by atoms with Crippen molar-refractivity contribution in [2.75, 3.05) is 0 Å². The van der Waals surface area contributed by atoms with E-state index in [1.165, 1.54) is 22.3 Å². The lowest BCUT2D eigenvalue weighted by atomic mass is 9.65. The fourth-order valence-corrected chi connectivity index (χ4v) is 5.30. The Balaban J connectivity index is 1.72. The predicted molar refractivity (Wildman–Crippen MR) is 139 cm³/mol. The van der Waals surface area contributed by atoms with Gasteiger partial charge in [-0.25, -0.2) is 4.98 Å². The molecule has 6 aromatic rings. The van der Waals surface area contributed by atoms with Crippen molar-refractivity contribution < 1.29 is 0 Å². The second-order valence-electron chi connectivity index (χ2n) is 8.82. The number of nitrogens with zero attached hydrogens (tertiary/aromatic N) is 3. The molecule has 3 heteroatoms. The van der Waals surface area contributed by atoms with Crippen LogP contribution in [0.15, 0.2) is 115 Å². The van der Waals surface area contributed by atoms with Gasteiger partial charge in [0.15, 0.2) is 5.65 Å². The van der Waals surface area contributed by atoms with Crippen LogP contribution in [0.25, 0.3) is 21.9 Å². The molecule has 0 aliphatic heterocycles. The molecule has 164 valence electrons. The van der Waals surface area contributed by atoms with E-state index in [0.717, 1.165) is 27.6 Å². The van der Waals surface area contributed by atoms with Crippen LogP contribution in [-0.4, -0.2) is 14.8 Å². The second-order valence-corrected chi connectivity index (χ2v) is 8.82. The summed E-state index contributed by atoms with van der Waals surface area (Å²) in [6.45, 7) is 2.04. The van der Waals surface area contributed by atoms with Crippen LogP contribution >= 0.6 is 0 Å². The van der Waals surface area contributed by atoms with Gasteiger partial charge in [-0.2, -0.15) is 5.10 Å². The molecule has 0 amide bonds. The van der Waals surface area contributed by atoms with E-state index in [-0.39, 0.29) is 0 Å². The predicted octanol–water partition coefficient (Wildman–Crippen LogP) is 6.81. The van der Waals surface area contributed by atoms with Gasteiger partial charge in [0.1, 0.15) is 0 Å². The minimum Gasteiger partial charge on any atom is -0.250 e. The van der Waals surface area contributed by atoms with E-state index >= 15 is 0 Å². The van der Waals surface area contributed by atoms with E-state index in [1.807, 2.05) is 18.7 Å². The standard InChI is InChI=1S/C31H25N3/c1-22-28-21-23-20-27(18-19-29(23)32-30(28)34(2)33-22)31(24-12-6-3-7-13-24,25-14-8-4-9-15-25)26-16-10-5-11-17-26/h3-21H,1-2H3. The molecule has 0 saturated heterocycles. The molecule has 0 atom stereocenters. The number of aromatic nitrogens is 3. The summed E-state index contributed by atoms with van der Waals surface area (Å²) in [5, 5.41) is 6.79. The van der Waals surface area contributed by atoms with Gasteiger partial charge in [0.25, 0.3) is 0 Å². The molecule has 0 spiro atoms. The summed E-state index contributed by atoms with van der Waals surface area (Å²) in [6.07, 6.45) is 0. The highest BCUT2D eigenvalue weighted by molar-refractivity contribution is 5.93. The number of aryl methyl sites for hydroxylation is 2. The third-order valence-corrected chi connectivity index (χ3v) is 6.84. The van der Waals surface area contributed by atoms with Gasteiger partial charge in [-0.3, -0.25) is 4.68 Å². The van der Waals surface area contributed by atoms with Gasteiger partial charge < -0.3 is 0 Å². The lowest BCUT2D eigenvalue weighted by Crippen LogP contribution is -2.30. The van der Waals surface area contributed by atoms with Crippen molar-refractivity contribution in [1.29, 1.82) is 0 Å². The van der Waals surface area contributed by atoms with E-state index < -0.39 is 5.41 Å². The van der Waals surface area contributed by atoms with Crippen LogP contribution in [0.4, 0.5) is 0 Å². The van der Waals surface area contributed by atoms with Crippen molar-refractivity contribution in [3.63, 3.8) is 0 Å². The summed E-state index contributed by atoms with van der Waals surface area (Å²) in [5.74, 6) is 0. The van der Waals surface area contributed by atoms with Crippen LogP contribution in [-0.2, 0) is 12.5 Å². The van der Waals surface area contributed by atoms with E-state index in [0.29, 0.717) is 0 Å². The minimum absolute atomic E-state index is 0.461. The second kappa shape index (κ2) is 7.96. The van der Waals surface area contributed by atoms with E-state index in [2.05, 4.69) is 120 Å². The normalized spacial score (nSPS) is 11.8. The summed E-state index contributed by atoms with van der Waals surface area (Å²) in [6, 6.07) is 41.3. The highest BCUT2D eigenvalue weighted by Gasteiger charge is 2.38. The van der Waals surface area contributed by atoms with Crippen LogP contribution in [0.5, 0.6) is 0 Å². The quantitative estimate of drug-likeness (QED) is 0.282. The average Bonchev–Trinajstić information content (AvgIpc) is 3.17. The zero-order valence-electron chi connectivity index (χ0n) is 19.3. The molecule has 0 unspecified atom stereocenters. The van der Waals surface area contributed by atoms with Gasteiger partial charge in [0.05, 0.1) is 16.6 Å². The molecule has 34 heavy (non-hydrogen) atoms. The smallest absolute Gasteiger partial charge is 0.158 e. The van der Waals surface area contributed by atoms with Crippen molar-refractivity contribution in [3.05, 3.63) is 143 Å². The molecule has 0 aliphatic carbocycles. The van der Waals surface area contributed by atoms with Crippen molar-refractivity contribution in [1.82, 2.24) is 14.8 Å². The van der Waals surface area contributed by atoms with Crippen LogP contribution in [0.1, 0.15) is 27.9 Å². The number of pyridine rings is 1. The molecule has 3 nitrogen and oxygen atoms in total. The molecule has 2 aromatic heterocycles. The van der Waals surface area contributed by atoms with Crippen LogP contribution in [0.3, 0.4) is 0 Å². The first kappa shape index (κ1) is 20.4. The Hall–Kier alpha value is -4.24. The largest absolute Gasteiger partial charge is 0.250 e. The van der Waals surface area contributed by atoms with Crippen molar-refractivity contribution in [2.45, 2.75) is 12.3 Å². The molecule has 4 aromatic carbocycles. The number of benzene rings is 4. The lowest BCUT2D eigenvalue weighted by molar-refractivity contribution is 0.746. The third kappa shape index (κ3) is 3.05. The average molecular weight is 440 g/mol. The molecule has 0 radical (unpaired) electrons. The van der Waals surface area contributed by atoms with Crippen molar-refractivity contribution in [2.24, 2.45) is 7.05 Å². The Morgan fingerprint density at radius 1 is 0.618 bits per heavy atom. The summed E-state index contributed by atoms with van der Waals surface area (Å²) in [5.41, 5.74) is 7.34. The Kier molecular flexibility index (Phi) is 4.77. The Labute approximate surface area is 199 Å². The zero-order valence-corrected chi connectivity index (χ0v) is 19.3. The van der Waals surface area contributed by atoms with Gasteiger partial charge >= 0.3 is 0 Å². The van der Waals surface area contributed by atoms with Crippen molar-refractivity contribution >= 4 is 21.9 Å². The van der Waals surface area contributed by atoms with Gasteiger partial charge in [0, 0.05) is 17.8 Å². The van der Waals surface area contributed by atoms with Gasteiger partial charge in [0.2, 0.25) is 0 Å². The van der Waals surface area contributed by atoms with Gasteiger partial charge in [-0.05, 0) is 47.4 Å². The number of fused-ring (bicyclic) bond motifs is 2. The molecule has 2 heterocycles. The molecule has 0 fully saturated rings. The fraction of sp³-hybridized carbons (Fsp3) is 0.0968. The Morgan fingerprint density at radius 3 is 1.68 bits per heavy atom. The molecule has 0 bridgehead atoms. The maximum atomic E-state index is 4.94. The topological polar surface area (TPSA) is 30.7 Å². The monoisotopic (exact) mass is 439 g/mol. The summed E-state index contributed by atoms with van der Waals surface area (Å²) < 4.78 is 1.86. The van der Waals surface area contributed by atoms with E-state index in [9.17, 15) is 0 Å². The van der Waals surface area contributed by atoms with Gasteiger partial charge in [-0.15, -0.1) is 0 Å². The maximum Gasteiger partial charge on any atom is 0.158 e. The minimum atomic E-state index is -0.461. The number of rotatable bonds is 4. The summed E-state index contributed by atoms with van der Waals surface area (Å²) in [7, 11) is 1.95. The van der Waals surface area contributed by atoms with Crippen LogP contribution < -0.4 is 0 Å². The lowest BCUT2D eigenvalue weighted by Gasteiger charge is -2.37. The van der Waals surface area contributed by atoms with Crippen molar-refractivity contribution in [3.8, 4) is 0 Å². The van der Waals surface area contributed by atoms with Crippen LogP contribution in [0, 0.1) is 6.92 Å². The van der Waals surface area contributed by atoms with Gasteiger partial charge in [-0.1, -0.05) is 97.1 Å². The van der Waals surface area contributed by atoms with E-state index in [1.54, 1.807) is 0 Å². The maximum absolute atomic E-state index is 4.94. The fourth-order valence-electron chi connectivity index (χ4n) is 5.30.